The molecule has 0 aliphatic rings. The summed E-state index contributed by atoms with van der Waals surface area (Å²) in [7, 11) is 0. The molecule has 4 nitrogen and oxygen atoms in total. The summed E-state index contributed by atoms with van der Waals surface area (Å²) in [6, 6.07) is 10.8. The molecule has 0 spiro atoms. The quantitative estimate of drug-likeness (QED) is 0.680. The molecule has 0 saturated heterocycles. The summed E-state index contributed by atoms with van der Waals surface area (Å²) < 4.78 is 13.6. The van der Waals surface area contributed by atoms with Crippen LogP contribution in [0.25, 0.3) is 0 Å². The van der Waals surface area contributed by atoms with E-state index >= 15 is 0 Å². The lowest BCUT2D eigenvalue weighted by Gasteiger charge is -2.09. The van der Waals surface area contributed by atoms with Gasteiger partial charge in [-0.15, -0.1) is 0 Å². The second kappa shape index (κ2) is 5.67. The number of nitrogens with zero attached hydrogens (tertiary/aromatic N) is 1. The monoisotopic (exact) mass is 280 g/mol. The zero-order valence-electron chi connectivity index (χ0n) is 9.77. The number of hydrogen-bond acceptors (Lipinski definition) is 3. The van der Waals surface area contributed by atoms with Crippen LogP contribution in [0, 0.1) is 15.9 Å². The molecule has 0 aromatic heterocycles. The smallest absolute Gasteiger partial charge is 0.295 e. The second-order valence-corrected chi connectivity index (χ2v) is 4.24. The minimum absolute atomic E-state index is 0.132. The molecular weight excluding hydrogens is 271 g/mol. The van der Waals surface area contributed by atoms with Gasteiger partial charge in [0, 0.05) is 17.6 Å². The lowest BCUT2D eigenvalue weighted by Crippen LogP contribution is -2.05. The molecule has 0 aliphatic heterocycles. The van der Waals surface area contributed by atoms with Crippen LogP contribution in [0.15, 0.2) is 42.5 Å². The van der Waals surface area contributed by atoms with Gasteiger partial charge in [-0.05, 0) is 17.7 Å². The first-order chi connectivity index (χ1) is 9.09. The second-order valence-electron chi connectivity index (χ2n) is 3.84. The van der Waals surface area contributed by atoms with Crippen LogP contribution in [-0.4, -0.2) is 4.92 Å². The topological polar surface area (TPSA) is 55.2 Å². The van der Waals surface area contributed by atoms with Gasteiger partial charge in [0.05, 0.1) is 4.92 Å². The van der Waals surface area contributed by atoms with Crippen molar-refractivity contribution in [3.05, 3.63) is 69.0 Å². The number of halogens is 2. The lowest BCUT2D eigenvalue weighted by molar-refractivity contribution is -0.384. The van der Waals surface area contributed by atoms with E-state index in [1.807, 2.05) is 0 Å². The summed E-state index contributed by atoms with van der Waals surface area (Å²) >= 11 is 5.96. The van der Waals surface area contributed by atoms with Gasteiger partial charge < -0.3 is 5.32 Å². The van der Waals surface area contributed by atoms with Crippen LogP contribution >= 0.6 is 11.6 Å². The molecule has 0 bridgehead atoms. The Hall–Kier alpha value is -2.14. The fourth-order valence-electron chi connectivity index (χ4n) is 1.67. The molecule has 98 valence electrons. The van der Waals surface area contributed by atoms with Gasteiger partial charge in [0.2, 0.25) is 0 Å². The molecule has 0 fully saturated rings. The molecule has 0 unspecified atom stereocenters. The molecule has 0 heterocycles. The average Bonchev–Trinajstić information content (AvgIpc) is 2.38. The molecule has 0 saturated carbocycles. The third-order valence-corrected chi connectivity index (χ3v) is 2.97. The summed E-state index contributed by atoms with van der Waals surface area (Å²) in [5, 5.41) is 14.1. The fourth-order valence-corrected chi connectivity index (χ4v) is 1.87. The minimum Gasteiger partial charge on any atom is -0.373 e. The highest BCUT2D eigenvalue weighted by Gasteiger charge is 2.17. The number of anilines is 1. The first-order valence-corrected chi connectivity index (χ1v) is 5.87. The number of para-hydroxylation sites is 1. The Kier molecular flexibility index (Phi) is 3.97. The number of nitrogens with one attached hydrogen (secondary N) is 1. The Balaban J connectivity index is 2.25. The van der Waals surface area contributed by atoms with Crippen molar-refractivity contribution in [3.63, 3.8) is 0 Å². The van der Waals surface area contributed by atoms with Gasteiger partial charge >= 0.3 is 0 Å². The van der Waals surface area contributed by atoms with E-state index in [0.29, 0.717) is 5.02 Å². The van der Waals surface area contributed by atoms with E-state index in [4.69, 9.17) is 11.6 Å². The van der Waals surface area contributed by atoms with E-state index in [0.717, 1.165) is 5.56 Å². The molecule has 0 aliphatic carbocycles. The van der Waals surface area contributed by atoms with E-state index < -0.39 is 10.7 Å². The number of hydrogen-bond donors (Lipinski definition) is 1. The maximum absolute atomic E-state index is 13.6. The first kappa shape index (κ1) is 13.3. The summed E-state index contributed by atoms with van der Waals surface area (Å²) in [5.41, 5.74) is 0.307. The zero-order chi connectivity index (χ0) is 13.8. The summed E-state index contributed by atoms with van der Waals surface area (Å²) in [6.45, 7) is 0.210. The fraction of sp³-hybridized carbons (Fsp3) is 0.0769. The highest BCUT2D eigenvalue weighted by Crippen LogP contribution is 2.28. The van der Waals surface area contributed by atoms with E-state index in [-0.39, 0.29) is 17.9 Å². The van der Waals surface area contributed by atoms with Gasteiger partial charge in [0.25, 0.3) is 5.69 Å². The highest BCUT2D eigenvalue weighted by atomic mass is 35.5. The average molecular weight is 281 g/mol. The van der Waals surface area contributed by atoms with Gasteiger partial charge in [-0.2, -0.15) is 0 Å². The van der Waals surface area contributed by atoms with Gasteiger partial charge in [0.1, 0.15) is 5.69 Å². The molecule has 2 aromatic rings. The van der Waals surface area contributed by atoms with Gasteiger partial charge in [-0.1, -0.05) is 35.9 Å². The van der Waals surface area contributed by atoms with Crippen LogP contribution in [-0.2, 0) is 6.54 Å². The number of benzene rings is 2. The SMILES string of the molecule is O=[N+]([O-])c1cccc(F)c1NCc1ccccc1Cl. The third kappa shape index (κ3) is 3.00. The van der Waals surface area contributed by atoms with E-state index in [9.17, 15) is 14.5 Å². The summed E-state index contributed by atoms with van der Waals surface area (Å²) in [5.74, 6) is -0.666. The predicted molar refractivity (Wildman–Crippen MR) is 71.8 cm³/mol. The summed E-state index contributed by atoms with van der Waals surface area (Å²) in [4.78, 5) is 10.2. The molecular formula is C13H10ClFN2O2. The third-order valence-electron chi connectivity index (χ3n) is 2.60. The normalized spacial score (nSPS) is 10.2. The maximum Gasteiger partial charge on any atom is 0.295 e. The van der Waals surface area contributed by atoms with Crippen LogP contribution in [0.3, 0.4) is 0 Å². The Morgan fingerprint density at radius 1 is 1.21 bits per heavy atom. The Bertz CT molecular complexity index is 619. The highest BCUT2D eigenvalue weighted by molar-refractivity contribution is 6.31. The van der Waals surface area contributed by atoms with Crippen LogP contribution in [0.5, 0.6) is 0 Å². The lowest BCUT2D eigenvalue weighted by atomic mass is 10.2. The van der Waals surface area contributed by atoms with Crippen LogP contribution in [0.4, 0.5) is 15.8 Å². The van der Waals surface area contributed by atoms with E-state index in [1.54, 1.807) is 24.3 Å². The van der Waals surface area contributed by atoms with Crippen LogP contribution in [0.1, 0.15) is 5.56 Å². The Morgan fingerprint density at radius 2 is 1.95 bits per heavy atom. The van der Waals surface area contributed by atoms with Gasteiger partial charge in [-0.3, -0.25) is 10.1 Å². The standard InChI is InChI=1S/C13H10ClFN2O2/c14-10-5-2-1-4-9(10)8-16-13-11(15)6-3-7-12(13)17(18)19/h1-7,16H,8H2. The van der Waals surface area contributed by atoms with Crippen molar-refractivity contribution in [2.75, 3.05) is 5.32 Å². The largest absolute Gasteiger partial charge is 0.373 e. The molecule has 19 heavy (non-hydrogen) atoms. The Labute approximate surface area is 114 Å². The number of nitro benzene ring substituents is 1. The molecule has 0 radical (unpaired) electrons. The van der Waals surface area contributed by atoms with E-state index in [2.05, 4.69) is 5.32 Å². The molecule has 0 amide bonds. The van der Waals surface area contributed by atoms with Crippen molar-refractivity contribution >= 4 is 23.0 Å². The minimum atomic E-state index is -0.666. The van der Waals surface area contributed by atoms with Crippen LogP contribution in [0.2, 0.25) is 5.02 Å². The molecule has 2 aromatic carbocycles. The number of nitro groups is 1. The molecule has 1 N–H and O–H groups in total. The van der Waals surface area contributed by atoms with Crippen molar-refractivity contribution in [2.45, 2.75) is 6.54 Å². The zero-order valence-corrected chi connectivity index (χ0v) is 10.5. The molecule has 2 rings (SSSR count). The summed E-state index contributed by atoms with van der Waals surface area (Å²) in [6.07, 6.45) is 0. The van der Waals surface area contributed by atoms with E-state index in [1.165, 1.54) is 18.2 Å². The Morgan fingerprint density at radius 3 is 2.63 bits per heavy atom. The predicted octanol–water partition coefficient (Wildman–Crippen LogP) is 4.00. The molecule has 6 heteroatoms. The maximum atomic E-state index is 13.6. The molecule has 0 atom stereocenters. The number of rotatable bonds is 4. The van der Waals surface area contributed by atoms with Crippen molar-refractivity contribution in [2.24, 2.45) is 0 Å². The van der Waals surface area contributed by atoms with Gasteiger partial charge in [0.15, 0.2) is 5.82 Å². The van der Waals surface area contributed by atoms with Crippen molar-refractivity contribution in [3.8, 4) is 0 Å². The van der Waals surface area contributed by atoms with Crippen molar-refractivity contribution in [1.29, 1.82) is 0 Å². The van der Waals surface area contributed by atoms with Crippen LogP contribution < -0.4 is 5.32 Å². The van der Waals surface area contributed by atoms with Gasteiger partial charge in [-0.25, -0.2) is 4.39 Å². The first-order valence-electron chi connectivity index (χ1n) is 5.50. The van der Waals surface area contributed by atoms with Crippen molar-refractivity contribution in [1.82, 2.24) is 0 Å². The van der Waals surface area contributed by atoms with Crippen molar-refractivity contribution < 1.29 is 9.31 Å².